The van der Waals surface area contributed by atoms with Gasteiger partial charge >= 0.3 is 0 Å². The summed E-state index contributed by atoms with van der Waals surface area (Å²) in [5.41, 5.74) is 4.63. The molecule has 4 rings (SSSR count). The molecule has 0 saturated carbocycles. The van der Waals surface area contributed by atoms with E-state index < -0.39 is 17.4 Å². The highest BCUT2D eigenvalue weighted by molar-refractivity contribution is 7.95. The van der Waals surface area contributed by atoms with Crippen molar-refractivity contribution in [2.45, 2.75) is 20.8 Å². The van der Waals surface area contributed by atoms with Crippen molar-refractivity contribution in [3.05, 3.63) is 131 Å². The fourth-order valence-corrected chi connectivity index (χ4v) is 7.16. The Morgan fingerprint density at radius 2 is 0.943 bits per heavy atom. The summed E-state index contributed by atoms with van der Waals surface area (Å²) in [6.45, 7) is 8.89. The largest absolute Gasteiger partial charge is 0.744 e. The van der Waals surface area contributed by atoms with Crippen LogP contribution in [0.4, 0.5) is 0 Å². The molecule has 35 heavy (non-hydrogen) atoms. The van der Waals surface area contributed by atoms with E-state index in [1.54, 1.807) is 24.3 Å². The molecule has 0 radical (unpaired) electrons. The normalized spacial score (nSPS) is 11.7. The number of hydrogen-bond acceptors (Lipinski definition) is 3. The Hall–Kier alpha value is -3.04. The molecule has 3 nitrogen and oxygen atoms in total. The van der Waals surface area contributed by atoms with Gasteiger partial charge in [-0.25, -0.2) is 8.42 Å². The van der Waals surface area contributed by atoms with Gasteiger partial charge in [0, 0.05) is 5.41 Å². The molecule has 0 aromatic heterocycles. The lowest BCUT2D eigenvalue weighted by Gasteiger charge is -2.23. The van der Waals surface area contributed by atoms with Crippen LogP contribution in [0.1, 0.15) is 22.3 Å². The number of rotatable bonds is 5. The van der Waals surface area contributed by atoms with Crippen molar-refractivity contribution in [1.29, 1.82) is 0 Å². The molecule has 0 bridgehead atoms. The van der Waals surface area contributed by atoms with E-state index in [1.165, 1.54) is 38.7 Å². The van der Waals surface area contributed by atoms with Crippen molar-refractivity contribution < 1.29 is 13.0 Å². The van der Waals surface area contributed by atoms with Gasteiger partial charge in [0.2, 0.25) is 0 Å². The second-order valence-electron chi connectivity index (χ2n) is 8.72. The molecular weight excluding hydrogens is 471 g/mol. The summed E-state index contributed by atoms with van der Waals surface area (Å²) in [4.78, 5) is 0. The highest BCUT2D eigenvalue weighted by Crippen LogP contribution is 2.51. The van der Waals surface area contributed by atoms with Gasteiger partial charge in [0.25, 0.3) is 0 Å². The highest BCUT2D eigenvalue weighted by atomic mass is 32.2. The fraction of sp³-hybridized carbons (Fsp3) is 0.133. The molecule has 0 atom stereocenters. The Bertz CT molecular complexity index is 1250. The van der Waals surface area contributed by atoms with Gasteiger partial charge in [0.05, 0.1) is 6.66 Å². The van der Waals surface area contributed by atoms with Crippen molar-refractivity contribution in [2.24, 2.45) is 0 Å². The minimum atomic E-state index is -4.25. The van der Waals surface area contributed by atoms with E-state index in [0.29, 0.717) is 11.0 Å². The topological polar surface area (TPSA) is 57.2 Å². The summed E-state index contributed by atoms with van der Waals surface area (Å²) < 4.78 is 30.5. The Morgan fingerprint density at radius 3 is 1.26 bits per heavy atom. The van der Waals surface area contributed by atoms with Crippen LogP contribution in [-0.2, 0) is 10.1 Å². The first kappa shape index (κ1) is 26.6. The van der Waals surface area contributed by atoms with E-state index >= 15 is 0 Å². The molecule has 5 heteroatoms. The molecule has 4 aromatic rings. The predicted octanol–water partition coefficient (Wildman–Crippen LogP) is 5.74. The Balaban J connectivity index is 0.000000241. The van der Waals surface area contributed by atoms with Crippen LogP contribution in [0.25, 0.3) is 6.08 Å². The molecule has 0 aliphatic heterocycles. The molecule has 0 fully saturated rings. The Kier molecular flexibility index (Phi) is 8.80. The molecule has 0 spiro atoms. The lowest BCUT2D eigenvalue weighted by Crippen LogP contribution is -2.30. The second kappa shape index (κ2) is 11.6. The molecule has 0 saturated heterocycles. The summed E-state index contributed by atoms with van der Waals surface area (Å²) >= 11 is 0. The summed E-state index contributed by atoms with van der Waals surface area (Å²) in [5, 5.41) is 4.96. The van der Waals surface area contributed by atoms with E-state index in [1.807, 2.05) is 6.07 Å². The standard InChI is InChI=1S/C22H24P.C8H8O3S/c1-17-5-11-20(12-6-17)23(4,21-13-7-18(2)8-14-21)22-15-9-19(3)10-16-22;9-12(10,11)7-6-8-4-2-1-3-5-8/h5-16H,1-4H3;1-7H,(H,9,10,11)/q+1;/p-1. The third kappa shape index (κ3) is 7.47. The second-order valence-corrected chi connectivity index (χ2v) is 13.5. The van der Waals surface area contributed by atoms with Crippen LogP contribution in [0, 0.1) is 20.8 Å². The van der Waals surface area contributed by atoms with Gasteiger partial charge in [-0.05, 0) is 68.8 Å². The number of hydrogen-bond donors (Lipinski definition) is 0. The van der Waals surface area contributed by atoms with Crippen molar-refractivity contribution in [3.63, 3.8) is 0 Å². The van der Waals surface area contributed by atoms with Crippen LogP contribution in [0.15, 0.2) is 109 Å². The smallest absolute Gasteiger partial charge is 0.117 e. The van der Waals surface area contributed by atoms with Crippen LogP contribution < -0.4 is 15.9 Å². The highest BCUT2D eigenvalue weighted by Gasteiger charge is 2.39. The SMILES string of the molecule is Cc1ccc([P+](C)(c2ccc(C)cc2)c2ccc(C)cc2)cc1.O=S(=O)([O-])C=Cc1ccccc1. The molecule has 0 unspecified atom stereocenters. The van der Waals surface area contributed by atoms with E-state index in [0.717, 1.165) is 0 Å². The van der Waals surface area contributed by atoms with Crippen LogP contribution in [-0.4, -0.2) is 19.6 Å². The zero-order chi connectivity index (χ0) is 25.5. The zero-order valence-electron chi connectivity index (χ0n) is 20.5. The van der Waals surface area contributed by atoms with Gasteiger partial charge in [-0.2, -0.15) is 0 Å². The molecule has 0 aliphatic carbocycles. The van der Waals surface area contributed by atoms with E-state index in [2.05, 4.69) is 100 Å². The van der Waals surface area contributed by atoms with E-state index in [4.69, 9.17) is 0 Å². The van der Waals surface area contributed by atoms with Gasteiger partial charge in [-0.1, -0.05) is 83.4 Å². The van der Waals surface area contributed by atoms with Gasteiger partial charge in [-0.3, -0.25) is 0 Å². The van der Waals surface area contributed by atoms with E-state index in [9.17, 15) is 13.0 Å². The summed E-state index contributed by atoms with van der Waals surface area (Å²) in [6.07, 6.45) is 1.27. The summed E-state index contributed by atoms with van der Waals surface area (Å²) in [6, 6.07) is 36.0. The lowest BCUT2D eigenvalue weighted by molar-refractivity contribution is 0.474. The maximum Gasteiger partial charge on any atom is 0.117 e. The zero-order valence-corrected chi connectivity index (χ0v) is 22.3. The monoisotopic (exact) mass is 502 g/mol. The molecular formula is C30H31O3PS. The predicted molar refractivity (Wildman–Crippen MR) is 150 cm³/mol. The maximum atomic E-state index is 10.2. The van der Waals surface area contributed by atoms with Gasteiger partial charge in [-0.15, -0.1) is 0 Å². The summed E-state index contributed by atoms with van der Waals surface area (Å²) in [5.74, 6) is 0. The Labute approximate surface area is 210 Å². The van der Waals surface area contributed by atoms with Gasteiger partial charge in [0.1, 0.15) is 33.3 Å². The average Bonchev–Trinajstić information content (AvgIpc) is 2.84. The minimum Gasteiger partial charge on any atom is -0.744 e. The van der Waals surface area contributed by atoms with Crippen molar-refractivity contribution in [1.82, 2.24) is 0 Å². The molecule has 4 aromatic carbocycles. The quantitative estimate of drug-likeness (QED) is 0.258. The van der Waals surface area contributed by atoms with Crippen molar-refractivity contribution in [2.75, 3.05) is 6.66 Å². The fourth-order valence-electron chi connectivity index (χ4n) is 3.70. The number of benzene rings is 4. The van der Waals surface area contributed by atoms with Crippen LogP contribution >= 0.6 is 7.26 Å². The lowest BCUT2D eigenvalue weighted by atomic mass is 10.2. The first-order valence-corrected chi connectivity index (χ1v) is 15.1. The number of aryl methyl sites for hydroxylation is 3. The van der Waals surface area contributed by atoms with Gasteiger partial charge < -0.3 is 4.55 Å². The molecule has 0 amide bonds. The third-order valence-corrected chi connectivity index (χ3v) is 10.3. The molecule has 0 N–H and O–H groups in total. The molecule has 180 valence electrons. The van der Waals surface area contributed by atoms with Crippen LogP contribution in [0.5, 0.6) is 0 Å². The van der Waals surface area contributed by atoms with Crippen LogP contribution in [0.2, 0.25) is 0 Å². The maximum absolute atomic E-state index is 10.2. The van der Waals surface area contributed by atoms with Crippen molar-refractivity contribution in [3.8, 4) is 0 Å². The molecule has 0 heterocycles. The minimum absolute atomic E-state index is 0.641. The van der Waals surface area contributed by atoms with E-state index in [-0.39, 0.29) is 0 Å². The summed E-state index contributed by atoms with van der Waals surface area (Å²) in [7, 11) is -5.84. The van der Waals surface area contributed by atoms with Gasteiger partial charge in [0.15, 0.2) is 0 Å². The molecule has 0 aliphatic rings. The third-order valence-electron chi connectivity index (χ3n) is 5.88. The first-order chi connectivity index (χ1) is 16.6. The van der Waals surface area contributed by atoms with Crippen LogP contribution in [0.3, 0.4) is 0 Å². The average molecular weight is 503 g/mol. The first-order valence-electron chi connectivity index (χ1n) is 11.4. The van der Waals surface area contributed by atoms with Crippen molar-refractivity contribution >= 4 is 39.4 Å². The Morgan fingerprint density at radius 1 is 0.600 bits per heavy atom.